The first-order chi connectivity index (χ1) is 4.57. The molecule has 0 unspecified atom stereocenters. The molecule has 6 nitrogen and oxygen atoms in total. The highest BCUT2D eigenvalue weighted by Crippen LogP contribution is 1.84. The van der Waals surface area contributed by atoms with Crippen LogP contribution >= 0.6 is 0 Å². The number of carboxylic acid groups (broad SMARTS) is 1. The van der Waals surface area contributed by atoms with Gasteiger partial charge in [-0.05, 0) is 0 Å². The Kier molecular flexibility index (Phi) is 3.06. The number of hydrogen-bond donors (Lipinski definition) is 2. The third-order valence-electron chi connectivity index (χ3n) is 0.646. The fraction of sp³-hybridized carbons (Fsp3) is 0.250. The second-order valence-corrected chi connectivity index (χ2v) is 1.40. The molecule has 3 N–H and O–H groups in total. The summed E-state index contributed by atoms with van der Waals surface area (Å²) in [6.45, 7) is 0. The van der Waals surface area contributed by atoms with Crippen LogP contribution in [0.1, 0.15) is 6.42 Å². The number of aliphatic carboxylic acids is 1. The second-order valence-electron chi connectivity index (χ2n) is 1.40. The number of nitrogens with two attached hydrogens (primary N) is 1. The minimum atomic E-state index is -1.39. The van der Waals surface area contributed by atoms with Gasteiger partial charge in [-0.25, -0.2) is 4.79 Å². The molecule has 0 aromatic heterocycles. The van der Waals surface area contributed by atoms with Crippen LogP contribution in [0.15, 0.2) is 0 Å². The van der Waals surface area contributed by atoms with E-state index < -0.39 is 24.1 Å². The predicted molar refractivity (Wildman–Crippen MR) is 27.5 cm³/mol. The molecule has 0 fully saturated rings. The van der Waals surface area contributed by atoms with Crippen molar-refractivity contribution in [2.45, 2.75) is 6.42 Å². The number of carboxylic acids is 1. The van der Waals surface area contributed by atoms with Crippen molar-refractivity contribution >= 4 is 17.7 Å². The third-order valence-corrected chi connectivity index (χ3v) is 0.646. The maximum absolute atomic E-state index is 10.2. The van der Waals surface area contributed by atoms with Gasteiger partial charge in [0.15, 0.2) is 0 Å². The maximum atomic E-state index is 10.2. The highest BCUT2D eigenvalue weighted by Gasteiger charge is 2.17. The molecule has 0 radical (unpaired) electrons. The zero-order valence-electron chi connectivity index (χ0n) is 4.86. The largest absolute Gasteiger partial charge is 0.481 e. The van der Waals surface area contributed by atoms with E-state index in [1.807, 2.05) is 0 Å². The van der Waals surface area contributed by atoms with Crippen molar-refractivity contribution in [2.24, 2.45) is 5.90 Å². The summed E-state index contributed by atoms with van der Waals surface area (Å²) in [6.07, 6.45) is -0.893. The van der Waals surface area contributed by atoms with Crippen molar-refractivity contribution in [1.82, 2.24) is 0 Å². The lowest BCUT2D eigenvalue weighted by Crippen LogP contribution is -2.22. The van der Waals surface area contributed by atoms with Gasteiger partial charge in [-0.3, -0.25) is 9.59 Å². The fourth-order valence-electron chi connectivity index (χ4n) is 0.275. The fourth-order valence-corrected chi connectivity index (χ4v) is 0.275. The Bertz CT molecular complexity index is 174. The van der Waals surface area contributed by atoms with Crippen molar-refractivity contribution in [3.05, 3.63) is 0 Å². The Labute approximate surface area is 55.5 Å². The Hall–Kier alpha value is -1.43. The van der Waals surface area contributed by atoms with Gasteiger partial charge in [0, 0.05) is 0 Å². The van der Waals surface area contributed by atoms with Gasteiger partial charge in [0.2, 0.25) is 0 Å². The molecule has 0 spiro atoms. The molecule has 56 valence electrons. The highest BCUT2D eigenvalue weighted by molar-refractivity contribution is 6.36. The van der Waals surface area contributed by atoms with Gasteiger partial charge in [-0.1, -0.05) is 0 Å². The molecule has 0 aliphatic rings. The molecule has 0 saturated carbocycles. The van der Waals surface area contributed by atoms with Crippen molar-refractivity contribution in [3.8, 4) is 0 Å². The predicted octanol–water partition coefficient (Wildman–Crippen LogP) is -1.55. The van der Waals surface area contributed by atoms with E-state index in [0.717, 1.165) is 0 Å². The summed E-state index contributed by atoms with van der Waals surface area (Å²) < 4.78 is 0. The molecule has 0 aliphatic carbocycles. The average molecular weight is 147 g/mol. The lowest BCUT2D eigenvalue weighted by atomic mass is 10.3. The summed E-state index contributed by atoms with van der Waals surface area (Å²) in [6, 6.07) is 0. The van der Waals surface area contributed by atoms with E-state index in [4.69, 9.17) is 5.11 Å². The minimum absolute atomic E-state index is 0.893. The molecule has 0 saturated heterocycles. The van der Waals surface area contributed by atoms with Crippen LogP contribution in [-0.2, 0) is 19.2 Å². The Morgan fingerprint density at radius 3 is 2.20 bits per heavy atom. The summed E-state index contributed by atoms with van der Waals surface area (Å²) in [7, 11) is 0. The standard InChI is InChI=1S/C4H5NO5/c5-10-4(9)2(6)1-3(7)8/h1,5H2,(H,7,8). The first-order valence-corrected chi connectivity index (χ1v) is 2.23. The first-order valence-electron chi connectivity index (χ1n) is 2.23. The average Bonchev–Trinajstić information content (AvgIpc) is 1.85. The topological polar surface area (TPSA) is 107 Å². The molecular weight excluding hydrogens is 142 g/mol. The van der Waals surface area contributed by atoms with E-state index in [0.29, 0.717) is 0 Å². The first kappa shape index (κ1) is 8.57. The van der Waals surface area contributed by atoms with Crippen LogP contribution in [0.4, 0.5) is 0 Å². The van der Waals surface area contributed by atoms with Crippen molar-refractivity contribution < 1.29 is 24.3 Å². The van der Waals surface area contributed by atoms with Gasteiger partial charge in [-0.2, -0.15) is 5.90 Å². The zero-order valence-corrected chi connectivity index (χ0v) is 4.86. The number of hydrogen-bond acceptors (Lipinski definition) is 5. The SMILES string of the molecule is NOC(=O)C(=O)CC(=O)O. The summed E-state index contributed by atoms with van der Waals surface area (Å²) in [5.41, 5.74) is 0. The number of rotatable bonds is 3. The molecule has 0 atom stereocenters. The third kappa shape index (κ3) is 2.78. The normalized spacial score (nSPS) is 8.50. The Morgan fingerprint density at radius 2 is 1.90 bits per heavy atom. The molecule has 0 aromatic rings. The summed E-state index contributed by atoms with van der Waals surface area (Å²) in [4.78, 5) is 33.6. The number of Topliss-reactive ketones (excluding diaryl/α,β-unsaturated/α-hetero) is 1. The highest BCUT2D eigenvalue weighted by atomic mass is 16.7. The van der Waals surface area contributed by atoms with Gasteiger partial charge >= 0.3 is 11.9 Å². The number of carbonyl (C=O) groups is 3. The van der Waals surface area contributed by atoms with Gasteiger partial charge in [-0.15, -0.1) is 0 Å². The smallest absolute Gasteiger partial charge is 0.393 e. The van der Waals surface area contributed by atoms with Crippen molar-refractivity contribution in [2.75, 3.05) is 0 Å². The lowest BCUT2D eigenvalue weighted by molar-refractivity contribution is -0.156. The molecule has 0 rings (SSSR count). The van der Waals surface area contributed by atoms with Gasteiger partial charge < -0.3 is 9.94 Å². The molecule has 0 aromatic carbocycles. The van der Waals surface area contributed by atoms with E-state index >= 15 is 0 Å². The molecular formula is C4H5NO5. The quantitative estimate of drug-likeness (QED) is 0.284. The maximum Gasteiger partial charge on any atom is 0.393 e. The van der Waals surface area contributed by atoms with E-state index in [1.165, 1.54) is 0 Å². The summed E-state index contributed by atoms with van der Waals surface area (Å²) >= 11 is 0. The molecule has 0 amide bonds. The van der Waals surface area contributed by atoms with E-state index in [2.05, 4.69) is 10.7 Å². The van der Waals surface area contributed by atoms with Gasteiger partial charge in [0.1, 0.15) is 6.42 Å². The second kappa shape index (κ2) is 3.57. The van der Waals surface area contributed by atoms with Gasteiger partial charge in [0.05, 0.1) is 0 Å². The Morgan fingerprint density at radius 1 is 1.40 bits per heavy atom. The minimum Gasteiger partial charge on any atom is -0.481 e. The molecule has 10 heavy (non-hydrogen) atoms. The van der Waals surface area contributed by atoms with Crippen LogP contribution in [0.25, 0.3) is 0 Å². The molecule has 6 heteroatoms. The number of ketones is 1. The van der Waals surface area contributed by atoms with Crippen LogP contribution in [0, 0.1) is 0 Å². The molecule has 0 heterocycles. The van der Waals surface area contributed by atoms with Gasteiger partial charge in [0.25, 0.3) is 5.78 Å². The summed E-state index contributed by atoms with van der Waals surface area (Å²) in [5, 5.41) is 7.96. The van der Waals surface area contributed by atoms with E-state index in [-0.39, 0.29) is 0 Å². The van der Waals surface area contributed by atoms with Crippen LogP contribution in [0.3, 0.4) is 0 Å². The van der Waals surface area contributed by atoms with Crippen molar-refractivity contribution in [3.63, 3.8) is 0 Å². The molecule has 0 bridgehead atoms. The van der Waals surface area contributed by atoms with Crippen LogP contribution < -0.4 is 5.90 Å². The van der Waals surface area contributed by atoms with E-state index in [1.54, 1.807) is 0 Å². The van der Waals surface area contributed by atoms with E-state index in [9.17, 15) is 14.4 Å². The van der Waals surface area contributed by atoms with Crippen molar-refractivity contribution in [1.29, 1.82) is 0 Å². The monoisotopic (exact) mass is 147 g/mol. The van der Waals surface area contributed by atoms with Crippen LogP contribution in [0.2, 0.25) is 0 Å². The van der Waals surface area contributed by atoms with Crippen LogP contribution in [0.5, 0.6) is 0 Å². The lowest BCUT2D eigenvalue weighted by Gasteiger charge is -1.91. The molecule has 0 aliphatic heterocycles. The zero-order chi connectivity index (χ0) is 8.15. The summed E-state index contributed by atoms with van der Waals surface area (Å²) in [5.74, 6) is 0.376. The van der Waals surface area contributed by atoms with Crippen LogP contribution in [-0.4, -0.2) is 22.8 Å². The number of carbonyl (C=O) groups excluding carboxylic acids is 2. The Balaban J connectivity index is 3.86.